The SMILES string of the molecule is c1nc2c(NCc3nnn(CCNCCCNC4CCCCC4)n3)nc(N3CCNCC3)nc2[nH]1. The molecule has 4 heterocycles. The first-order chi connectivity index (χ1) is 17.3. The number of nitrogens with zero attached hydrogens (tertiary/aromatic N) is 8. The van der Waals surface area contributed by atoms with E-state index >= 15 is 0 Å². The minimum Gasteiger partial charge on any atom is -0.361 e. The van der Waals surface area contributed by atoms with Crippen molar-refractivity contribution in [2.75, 3.05) is 56.0 Å². The van der Waals surface area contributed by atoms with E-state index in [1.54, 1.807) is 11.1 Å². The zero-order valence-corrected chi connectivity index (χ0v) is 20.3. The number of nitrogens with one attached hydrogen (secondary N) is 5. The van der Waals surface area contributed by atoms with Crippen LogP contribution in [0.5, 0.6) is 0 Å². The van der Waals surface area contributed by atoms with Crippen LogP contribution in [0, 0.1) is 0 Å². The molecular weight excluding hydrogens is 446 g/mol. The largest absolute Gasteiger partial charge is 0.361 e. The summed E-state index contributed by atoms with van der Waals surface area (Å²) >= 11 is 0. The minimum absolute atomic E-state index is 0.417. The van der Waals surface area contributed by atoms with E-state index in [0.717, 1.165) is 58.3 Å². The van der Waals surface area contributed by atoms with Gasteiger partial charge in [-0.05, 0) is 37.6 Å². The van der Waals surface area contributed by atoms with Crippen molar-refractivity contribution in [2.45, 2.75) is 57.7 Å². The molecule has 0 spiro atoms. The summed E-state index contributed by atoms with van der Waals surface area (Å²) in [7, 11) is 0. The highest BCUT2D eigenvalue weighted by Crippen LogP contribution is 2.21. The van der Waals surface area contributed by atoms with Crippen LogP contribution in [0.1, 0.15) is 44.3 Å². The lowest BCUT2D eigenvalue weighted by Crippen LogP contribution is -2.44. The van der Waals surface area contributed by atoms with Crippen LogP contribution in [0.3, 0.4) is 0 Å². The normalized spacial score (nSPS) is 17.3. The standard InChI is InChI=1S/C22H37N13/c1-2-5-17(6-3-1)25-8-4-7-23-11-14-35-32-18(31-33-35)15-26-20-19-21(28-16-27-19)30-22(29-20)34-12-9-24-10-13-34/h16-17,23-25H,1-15H2,(H2,26,27,28,29,30). The van der Waals surface area contributed by atoms with Crippen molar-refractivity contribution < 1.29 is 0 Å². The number of fused-ring (bicyclic) bond motifs is 1. The molecule has 0 aromatic carbocycles. The highest BCUT2D eigenvalue weighted by atomic mass is 15.6. The Labute approximate surface area is 205 Å². The predicted octanol–water partition coefficient (Wildman–Crippen LogP) is 0.263. The average Bonchev–Trinajstić information content (AvgIpc) is 3.57. The number of imidazole rings is 1. The monoisotopic (exact) mass is 483 g/mol. The first-order valence-corrected chi connectivity index (χ1v) is 13.0. The number of hydrogen-bond acceptors (Lipinski definition) is 11. The number of aromatic amines is 1. The first-order valence-electron chi connectivity index (χ1n) is 13.0. The fourth-order valence-electron chi connectivity index (χ4n) is 4.69. The van der Waals surface area contributed by atoms with Gasteiger partial charge in [0.1, 0.15) is 5.52 Å². The molecule has 1 aliphatic carbocycles. The van der Waals surface area contributed by atoms with E-state index in [1.807, 2.05) is 0 Å². The molecule has 0 unspecified atom stereocenters. The van der Waals surface area contributed by atoms with Crippen molar-refractivity contribution >= 4 is 22.9 Å². The molecule has 35 heavy (non-hydrogen) atoms. The predicted molar refractivity (Wildman–Crippen MR) is 134 cm³/mol. The lowest BCUT2D eigenvalue weighted by molar-refractivity contribution is 0.370. The van der Waals surface area contributed by atoms with Crippen molar-refractivity contribution in [3.05, 3.63) is 12.2 Å². The van der Waals surface area contributed by atoms with Gasteiger partial charge in [0.15, 0.2) is 17.3 Å². The third-order valence-corrected chi connectivity index (χ3v) is 6.63. The van der Waals surface area contributed by atoms with Gasteiger partial charge in [-0.15, -0.1) is 10.2 Å². The molecular formula is C22H37N13. The molecule has 1 saturated heterocycles. The fraction of sp³-hybridized carbons (Fsp3) is 0.727. The Morgan fingerprint density at radius 3 is 2.80 bits per heavy atom. The fourth-order valence-corrected chi connectivity index (χ4v) is 4.69. The van der Waals surface area contributed by atoms with Gasteiger partial charge in [0.2, 0.25) is 5.95 Å². The number of H-pyrrole nitrogens is 1. The average molecular weight is 484 g/mol. The van der Waals surface area contributed by atoms with Crippen LogP contribution in [0.2, 0.25) is 0 Å². The van der Waals surface area contributed by atoms with Crippen LogP contribution in [0.4, 0.5) is 11.8 Å². The maximum Gasteiger partial charge on any atom is 0.229 e. The lowest BCUT2D eigenvalue weighted by Gasteiger charge is -2.27. The van der Waals surface area contributed by atoms with Crippen molar-refractivity contribution in [1.29, 1.82) is 0 Å². The van der Waals surface area contributed by atoms with Gasteiger partial charge in [0.25, 0.3) is 0 Å². The molecule has 0 atom stereocenters. The van der Waals surface area contributed by atoms with E-state index in [9.17, 15) is 0 Å². The Balaban J connectivity index is 1.05. The number of rotatable bonds is 12. The molecule has 0 bridgehead atoms. The summed E-state index contributed by atoms with van der Waals surface area (Å²) in [6.45, 7) is 7.59. The Morgan fingerprint density at radius 2 is 1.91 bits per heavy atom. The molecule has 2 aliphatic rings. The summed E-state index contributed by atoms with van der Waals surface area (Å²) in [5.74, 6) is 1.99. The molecule has 3 aromatic heterocycles. The van der Waals surface area contributed by atoms with Crippen LogP contribution < -0.4 is 26.2 Å². The van der Waals surface area contributed by atoms with E-state index in [0.29, 0.717) is 41.8 Å². The van der Waals surface area contributed by atoms with Gasteiger partial charge in [0.05, 0.1) is 19.4 Å². The van der Waals surface area contributed by atoms with E-state index in [1.165, 1.54) is 32.1 Å². The molecule has 13 nitrogen and oxygen atoms in total. The van der Waals surface area contributed by atoms with Crippen molar-refractivity contribution in [2.24, 2.45) is 0 Å². The Kier molecular flexibility index (Phi) is 8.29. The molecule has 190 valence electrons. The highest BCUT2D eigenvalue weighted by Gasteiger charge is 2.17. The van der Waals surface area contributed by atoms with Crippen LogP contribution in [0.15, 0.2) is 6.33 Å². The van der Waals surface area contributed by atoms with E-state index in [4.69, 9.17) is 4.98 Å². The third-order valence-electron chi connectivity index (χ3n) is 6.63. The van der Waals surface area contributed by atoms with Crippen LogP contribution in [0.25, 0.3) is 11.2 Å². The summed E-state index contributed by atoms with van der Waals surface area (Å²) in [5.41, 5.74) is 1.42. The van der Waals surface area contributed by atoms with Crippen molar-refractivity contribution in [3.8, 4) is 0 Å². The molecule has 5 N–H and O–H groups in total. The third kappa shape index (κ3) is 6.61. The molecule has 3 aromatic rings. The van der Waals surface area contributed by atoms with Crippen LogP contribution >= 0.6 is 0 Å². The molecule has 5 rings (SSSR count). The van der Waals surface area contributed by atoms with E-state index < -0.39 is 0 Å². The van der Waals surface area contributed by atoms with Gasteiger partial charge in [-0.3, -0.25) is 0 Å². The Morgan fingerprint density at radius 1 is 1.03 bits per heavy atom. The molecule has 1 saturated carbocycles. The highest BCUT2D eigenvalue weighted by molar-refractivity contribution is 5.83. The van der Waals surface area contributed by atoms with Crippen LogP contribution in [-0.4, -0.2) is 92.0 Å². The summed E-state index contributed by atoms with van der Waals surface area (Å²) in [5, 5.41) is 26.7. The number of aromatic nitrogens is 8. The smallest absolute Gasteiger partial charge is 0.229 e. The van der Waals surface area contributed by atoms with Gasteiger partial charge >= 0.3 is 0 Å². The Bertz CT molecular complexity index is 1040. The summed E-state index contributed by atoms with van der Waals surface area (Å²) in [6, 6.07) is 0.732. The van der Waals surface area contributed by atoms with Gasteiger partial charge in [0, 0.05) is 38.8 Å². The molecule has 13 heteroatoms. The second kappa shape index (κ2) is 12.2. The number of piperazine rings is 1. The molecule has 2 fully saturated rings. The molecule has 0 radical (unpaired) electrons. The van der Waals surface area contributed by atoms with Crippen molar-refractivity contribution in [3.63, 3.8) is 0 Å². The Hall–Kier alpha value is -2.90. The number of tetrazole rings is 1. The quantitative estimate of drug-likeness (QED) is 0.226. The number of anilines is 2. The summed E-state index contributed by atoms with van der Waals surface area (Å²) < 4.78 is 0. The number of hydrogen-bond donors (Lipinski definition) is 5. The van der Waals surface area contributed by atoms with E-state index in [-0.39, 0.29) is 0 Å². The van der Waals surface area contributed by atoms with Gasteiger partial charge in [-0.2, -0.15) is 14.8 Å². The van der Waals surface area contributed by atoms with E-state index in [2.05, 4.69) is 56.5 Å². The molecule has 0 amide bonds. The maximum atomic E-state index is 4.73. The van der Waals surface area contributed by atoms with Gasteiger partial charge in [-0.25, -0.2) is 4.98 Å². The first kappa shape index (κ1) is 23.8. The van der Waals surface area contributed by atoms with Crippen LogP contribution in [-0.2, 0) is 13.1 Å². The zero-order valence-electron chi connectivity index (χ0n) is 20.3. The summed E-state index contributed by atoms with van der Waals surface area (Å²) in [4.78, 5) is 20.6. The topological polar surface area (TPSA) is 149 Å². The second-order valence-corrected chi connectivity index (χ2v) is 9.26. The van der Waals surface area contributed by atoms with Crippen molar-refractivity contribution in [1.82, 2.24) is 56.1 Å². The molecule has 1 aliphatic heterocycles. The second-order valence-electron chi connectivity index (χ2n) is 9.26. The minimum atomic E-state index is 0.417. The zero-order chi connectivity index (χ0) is 23.7. The van der Waals surface area contributed by atoms with Gasteiger partial charge < -0.3 is 31.2 Å². The lowest BCUT2D eigenvalue weighted by atomic mass is 9.95. The van der Waals surface area contributed by atoms with Gasteiger partial charge in [-0.1, -0.05) is 19.3 Å². The maximum absolute atomic E-state index is 4.73. The summed E-state index contributed by atoms with van der Waals surface area (Å²) in [6.07, 6.45) is 9.60.